The molecule has 0 aromatic heterocycles. The molecule has 1 fully saturated rings. The number of benzene rings is 1. The van der Waals surface area contributed by atoms with Gasteiger partial charge in [-0.2, -0.15) is 0 Å². The van der Waals surface area contributed by atoms with Gasteiger partial charge >= 0.3 is 0 Å². The van der Waals surface area contributed by atoms with Gasteiger partial charge < -0.3 is 15.4 Å². The lowest BCUT2D eigenvalue weighted by atomic mass is 10.1. The highest BCUT2D eigenvalue weighted by atomic mass is 16.5. The number of hydrogen-bond acceptors (Lipinski definition) is 3. The third-order valence-corrected chi connectivity index (χ3v) is 3.06. The molecular formula is C13H18N2O2. The monoisotopic (exact) mass is 234 g/mol. The largest absolute Gasteiger partial charge is 0.497 e. The maximum Gasteiger partial charge on any atom is 0.254 e. The van der Waals surface area contributed by atoms with E-state index in [1.165, 1.54) is 0 Å². The normalized spacial score (nSPS) is 20.1. The predicted molar refractivity (Wildman–Crippen MR) is 66.1 cm³/mol. The summed E-state index contributed by atoms with van der Waals surface area (Å²) in [5, 5.41) is 0. The fraction of sp³-hybridized carbons (Fsp3) is 0.462. The molecule has 1 aliphatic heterocycles. The first kappa shape index (κ1) is 11.9. The van der Waals surface area contributed by atoms with Crippen LogP contribution in [0.5, 0.6) is 5.75 Å². The van der Waals surface area contributed by atoms with Crippen molar-refractivity contribution in [3.63, 3.8) is 0 Å². The Bertz CT molecular complexity index is 406. The van der Waals surface area contributed by atoms with Crippen LogP contribution in [0.3, 0.4) is 0 Å². The van der Waals surface area contributed by atoms with Gasteiger partial charge in [0.05, 0.1) is 7.11 Å². The molecule has 4 nitrogen and oxygen atoms in total. The zero-order chi connectivity index (χ0) is 12.3. The van der Waals surface area contributed by atoms with Gasteiger partial charge in [-0.05, 0) is 31.0 Å². The number of ether oxygens (including phenoxy) is 1. The number of nitrogens with zero attached hydrogens (tertiary/aromatic N) is 1. The molecule has 1 aromatic carbocycles. The molecule has 0 saturated carbocycles. The second-order valence-electron chi connectivity index (χ2n) is 4.39. The molecule has 1 unspecified atom stereocenters. The van der Waals surface area contributed by atoms with Crippen molar-refractivity contribution in [3.05, 3.63) is 29.8 Å². The zero-order valence-electron chi connectivity index (χ0n) is 10.1. The number of methoxy groups -OCH3 is 1. The lowest BCUT2D eigenvalue weighted by molar-refractivity contribution is 0.0708. The maximum absolute atomic E-state index is 12.2. The van der Waals surface area contributed by atoms with Crippen LogP contribution in [0.15, 0.2) is 24.3 Å². The van der Waals surface area contributed by atoms with Crippen LogP contribution in [0.1, 0.15) is 23.2 Å². The molecule has 1 aromatic rings. The third-order valence-electron chi connectivity index (χ3n) is 3.06. The average molecular weight is 234 g/mol. The minimum Gasteiger partial charge on any atom is -0.497 e. The smallest absolute Gasteiger partial charge is 0.254 e. The number of likely N-dealkylation sites (tertiary alicyclic amines) is 1. The first-order valence-corrected chi connectivity index (χ1v) is 5.89. The summed E-state index contributed by atoms with van der Waals surface area (Å²) in [7, 11) is 1.60. The summed E-state index contributed by atoms with van der Waals surface area (Å²) < 4.78 is 5.12. The van der Waals surface area contributed by atoms with Crippen LogP contribution >= 0.6 is 0 Å². The van der Waals surface area contributed by atoms with Crippen LogP contribution in [-0.4, -0.2) is 37.0 Å². The average Bonchev–Trinajstić information content (AvgIpc) is 2.38. The predicted octanol–water partition coefficient (Wildman–Crippen LogP) is 1.26. The minimum atomic E-state index is 0.0408. The number of carbonyl (C=O) groups is 1. The van der Waals surface area contributed by atoms with E-state index in [0.29, 0.717) is 17.9 Å². The summed E-state index contributed by atoms with van der Waals surface area (Å²) in [6.45, 7) is 1.44. The summed E-state index contributed by atoms with van der Waals surface area (Å²) in [4.78, 5) is 14.1. The molecule has 0 aliphatic carbocycles. The van der Waals surface area contributed by atoms with Crippen LogP contribution in [0.2, 0.25) is 0 Å². The number of hydrogen-bond donors (Lipinski definition) is 1. The fourth-order valence-corrected chi connectivity index (χ4v) is 2.13. The van der Waals surface area contributed by atoms with Gasteiger partial charge in [-0.3, -0.25) is 4.79 Å². The van der Waals surface area contributed by atoms with E-state index in [0.717, 1.165) is 19.4 Å². The number of rotatable bonds is 2. The Kier molecular flexibility index (Phi) is 3.64. The Morgan fingerprint density at radius 1 is 1.53 bits per heavy atom. The molecule has 0 spiro atoms. The molecule has 1 atom stereocenters. The lowest BCUT2D eigenvalue weighted by Crippen LogP contribution is -2.45. The summed E-state index contributed by atoms with van der Waals surface area (Å²) in [5.41, 5.74) is 6.54. The first-order chi connectivity index (χ1) is 8.20. The Morgan fingerprint density at radius 3 is 3.06 bits per heavy atom. The van der Waals surface area contributed by atoms with Gasteiger partial charge in [0.2, 0.25) is 0 Å². The molecule has 2 rings (SSSR count). The standard InChI is InChI=1S/C13H18N2O2/c1-17-12-6-2-4-10(8-12)13(16)15-7-3-5-11(14)9-15/h2,4,6,8,11H,3,5,7,9,14H2,1H3. The van der Waals surface area contributed by atoms with Gasteiger partial charge in [-0.25, -0.2) is 0 Å². The van der Waals surface area contributed by atoms with Crippen molar-refractivity contribution in [1.82, 2.24) is 4.90 Å². The molecule has 1 amide bonds. The van der Waals surface area contributed by atoms with Gasteiger partial charge in [0, 0.05) is 24.7 Å². The van der Waals surface area contributed by atoms with E-state index >= 15 is 0 Å². The molecule has 92 valence electrons. The molecule has 2 N–H and O–H groups in total. The summed E-state index contributed by atoms with van der Waals surface area (Å²) in [6.07, 6.45) is 1.98. The summed E-state index contributed by atoms with van der Waals surface area (Å²) >= 11 is 0. The molecule has 4 heteroatoms. The Morgan fingerprint density at radius 2 is 2.35 bits per heavy atom. The minimum absolute atomic E-state index is 0.0408. The Balaban J connectivity index is 2.12. The van der Waals surface area contributed by atoms with Crippen molar-refractivity contribution in [2.24, 2.45) is 5.73 Å². The molecule has 1 heterocycles. The summed E-state index contributed by atoms with van der Waals surface area (Å²) in [5.74, 6) is 0.746. The fourth-order valence-electron chi connectivity index (χ4n) is 2.13. The first-order valence-electron chi connectivity index (χ1n) is 5.89. The second-order valence-corrected chi connectivity index (χ2v) is 4.39. The SMILES string of the molecule is COc1cccc(C(=O)N2CCCC(N)C2)c1. The van der Waals surface area contributed by atoms with Crippen molar-refractivity contribution >= 4 is 5.91 Å². The molecular weight excluding hydrogens is 216 g/mol. The highest BCUT2D eigenvalue weighted by Gasteiger charge is 2.22. The van der Waals surface area contributed by atoms with Gasteiger partial charge in [-0.15, -0.1) is 0 Å². The molecule has 1 aliphatic rings. The summed E-state index contributed by atoms with van der Waals surface area (Å²) in [6, 6.07) is 7.35. The molecule has 17 heavy (non-hydrogen) atoms. The molecule has 0 radical (unpaired) electrons. The lowest BCUT2D eigenvalue weighted by Gasteiger charge is -2.30. The van der Waals surface area contributed by atoms with Crippen molar-refractivity contribution in [2.75, 3.05) is 20.2 Å². The van der Waals surface area contributed by atoms with Crippen LogP contribution in [-0.2, 0) is 0 Å². The highest BCUT2D eigenvalue weighted by molar-refractivity contribution is 5.94. The van der Waals surface area contributed by atoms with Gasteiger partial charge in [0.15, 0.2) is 0 Å². The number of nitrogens with two attached hydrogens (primary N) is 1. The van der Waals surface area contributed by atoms with Crippen LogP contribution in [0, 0.1) is 0 Å². The van der Waals surface area contributed by atoms with E-state index in [1.807, 2.05) is 23.1 Å². The van der Waals surface area contributed by atoms with Crippen molar-refractivity contribution in [2.45, 2.75) is 18.9 Å². The van der Waals surface area contributed by atoms with E-state index in [1.54, 1.807) is 13.2 Å². The maximum atomic E-state index is 12.2. The number of carbonyl (C=O) groups excluding carboxylic acids is 1. The van der Waals surface area contributed by atoms with Gasteiger partial charge in [0.25, 0.3) is 5.91 Å². The van der Waals surface area contributed by atoms with Gasteiger partial charge in [0.1, 0.15) is 5.75 Å². The van der Waals surface area contributed by atoms with E-state index in [2.05, 4.69) is 0 Å². The van der Waals surface area contributed by atoms with E-state index in [-0.39, 0.29) is 11.9 Å². The van der Waals surface area contributed by atoms with E-state index < -0.39 is 0 Å². The molecule has 0 bridgehead atoms. The number of amides is 1. The third kappa shape index (κ3) is 2.77. The van der Waals surface area contributed by atoms with Crippen molar-refractivity contribution in [1.29, 1.82) is 0 Å². The Labute approximate surface area is 101 Å². The van der Waals surface area contributed by atoms with Crippen LogP contribution in [0.25, 0.3) is 0 Å². The van der Waals surface area contributed by atoms with Crippen molar-refractivity contribution in [3.8, 4) is 5.75 Å². The highest BCUT2D eigenvalue weighted by Crippen LogP contribution is 2.17. The zero-order valence-corrected chi connectivity index (χ0v) is 10.1. The van der Waals surface area contributed by atoms with Crippen molar-refractivity contribution < 1.29 is 9.53 Å². The second kappa shape index (κ2) is 5.19. The Hall–Kier alpha value is -1.55. The van der Waals surface area contributed by atoms with Gasteiger partial charge in [-0.1, -0.05) is 6.07 Å². The van der Waals surface area contributed by atoms with Crippen LogP contribution < -0.4 is 10.5 Å². The topological polar surface area (TPSA) is 55.6 Å². The quantitative estimate of drug-likeness (QED) is 0.838. The van der Waals surface area contributed by atoms with E-state index in [9.17, 15) is 4.79 Å². The molecule has 1 saturated heterocycles. The van der Waals surface area contributed by atoms with Crippen LogP contribution in [0.4, 0.5) is 0 Å². The number of piperidine rings is 1. The van der Waals surface area contributed by atoms with E-state index in [4.69, 9.17) is 10.5 Å².